The van der Waals surface area contributed by atoms with Gasteiger partial charge >= 0.3 is 0 Å². The molecule has 0 unspecified atom stereocenters. The minimum Gasteiger partial charge on any atom is -0.454 e. The van der Waals surface area contributed by atoms with Gasteiger partial charge in [-0.1, -0.05) is 35.9 Å². The molecule has 1 aliphatic rings. The Kier molecular flexibility index (Phi) is 3.92. The number of hydrogen-bond donors (Lipinski definition) is 2. The van der Waals surface area contributed by atoms with Crippen LogP contribution < -0.4 is 14.8 Å². The number of aryl methyl sites for hydroxylation is 1. The number of aromatic amines is 1. The molecule has 0 bridgehead atoms. The maximum absolute atomic E-state index is 5.41. The van der Waals surface area contributed by atoms with Gasteiger partial charge in [-0.2, -0.15) is 5.10 Å². The van der Waals surface area contributed by atoms with Gasteiger partial charge in [0.05, 0.1) is 11.9 Å². The van der Waals surface area contributed by atoms with Crippen molar-refractivity contribution >= 4 is 0 Å². The van der Waals surface area contributed by atoms with Crippen molar-refractivity contribution in [2.24, 2.45) is 0 Å². The van der Waals surface area contributed by atoms with E-state index >= 15 is 0 Å². The predicted octanol–water partition coefficient (Wildman–Crippen LogP) is 3.40. The van der Waals surface area contributed by atoms with Gasteiger partial charge in [-0.3, -0.25) is 5.10 Å². The highest BCUT2D eigenvalue weighted by molar-refractivity contribution is 5.62. The maximum atomic E-state index is 5.41. The molecule has 0 radical (unpaired) electrons. The van der Waals surface area contributed by atoms with E-state index in [4.69, 9.17) is 9.47 Å². The number of H-pyrrole nitrogens is 1. The monoisotopic (exact) mass is 321 g/mol. The summed E-state index contributed by atoms with van der Waals surface area (Å²) in [6, 6.07) is 14.5. The van der Waals surface area contributed by atoms with E-state index in [2.05, 4.69) is 52.8 Å². The smallest absolute Gasteiger partial charge is 0.231 e. The Balaban J connectivity index is 1.42. The molecule has 0 spiro atoms. The van der Waals surface area contributed by atoms with Gasteiger partial charge < -0.3 is 14.8 Å². The van der Waals surface area contributed by atoms with E-state index in [-0.39, 0.29) is 0 Å². The van der Waals surface area contributed by atoms with Gasteiger partial charge in [-0.15, -0.1) is 0 Å². The molecule has 0 aliphatic carbocycles. The molecular formula is C19H19N3O2. The van der Waals surface area contributed by atoms with Crippen LogP contribution in [-0.2, 0) is 13.1 Å². The average Bonchev–Trinajstić information content (AvgIpc) is 3.24. The molecule has 2 aromatic carbocycles. The lowest BCUT2D eigenvalue weighted by molar-refractivity contribution is 0.174. The predicted molar refractivity (Wildman–Crippen MR) is 91.9 cm³/mol. The molecule has 0 atom stereocenters. The van der Waals surface area contributed by atoms with Crippen LogP contribution in [0.25, 0.3) is 11.3 Å². The molecule has 1 aromatic heterocycles. The quantitative estimate of drug-likeness (QED) is 0.756. The zero-order valence-electron chi connectivity index (χ0n) is 13.5. The minimum absolute atomic E-state index is 0.307. The third-order valence-electron chi connectivity index (χ3n) is 4.14. The van der Waals surface area contributed by atoms with Crippen molar-refractivity contribution < 1.29 is 9.47 Å². The Hall–Kier alpha value is -2.79. The van der Waals surface area contributed by atoms with E-state index < -0.39 is 0 Å². The Morgan fingerprint density at radius 2 is 1.88 bits per heavy atom. The van der Waals surface area contributed by atoms with Crippen molar-refractivity contribution in [3.63, 3.8) is 0 Å². The second-order valence-electron chi connectivity index (χ2n) is 5.93. The van der Waals surface area contributed by atoms with Crippen LogP contribution in [0, 0.1) is 6.92 Å². The van der Waals surface area contributed by atoms with Crippen LogP contribution in [0.4, 0.5) is 0 Å². The minimum atomic E-state index is 0.307. The summed E-state index contributed by atoms with van der Waals surface area (Å²) in [6.07, 6.45) is 1.88. The molecule has 2 N–H and O–H groups in total. The number of fused-ring (bicyclic) bond motifs is 1. The van der Waals surface area contributed by atoms with Crippen molar-refractivity contribution in [1.29, 1.82) is 0 Å². The summed E-state index contributed by atoms with van der Waals surface area (Å²) in [5.41, 5.74) is 5.78. The third-order valence-corrected chi connectivity index (χ3v) is 4.14. The fourth-order valence-corrected chi connectivity index (χ4v) is 2.81. The Morgan fingerprint density at radius 1 is 1.04 bits per heavy atom. The second-order valence-corrected chi connectivity index (χ2v) is 5.93. The standard InChI is InChI=1S/C19H19N3O2/c1-13-2-5-15(6-3-13)19-16(11-21-22-19)10-20-9-14-4-7-17-18(8-14)24-12-23-17/h2-8,11,20H,9-10,12H2,1H3,(H,21,22). The lowest BCUT2D eigenvalue weighted by atomic mass is 10.1. The summed E-state index contributed by atoms with van der Waals surface area (Å²) in [6.45, 7) is 3.90. The summed E-state index contributed by atoms with van der Waals surface area (Å²) in [7, 11) is 0. The normalized spacial score (nSPS) is 12.5. The van der Waals surface area contributed by atoms with Crippen LogP contribution in [0.2, 0.25) is 0 Å². The van der Waals surface area contributed by atoms with Crippen molar-refractivity contribution in [3.8, 4) is 22.8 Å². The van der Waals surface area contributed by atoms with E-state index in [9.17, 15) is 0 Å². The van der Waals surface area contributed by atoms with E-state index in [1.807, 2.05) is 18.3 Å². The summed E-state index contributed by atoms with van der Waals surface area (Å²) < 4.78 is 10.7. The SMILES string of the molecule is Cc1ccc(-c2[nH]ncc2CNCc2ccc3c(c2)OCO3)cc1. The summed E-state index contributed by atoms with van der Waals surface area (Å²) >= 11 is 0. The second kappa shape index (κ2) is 6.37. The largest absolute Gasteiger partial charge is 0.454 e. The number of nitrogens with one attached hydrogen (secondary N) is 2. The molecule has 1 aliphatic heterocycles. The van der Waals surface area contributed by atoms with Crippen LogP contribution in [0.1, 0.15) is 16.7 Å². The van der Waals surface area contributed by atoms with Gasteiger partial charge in [0.1, 0.15) is 0 Å². The van der Waals surface area contributed by atoms with E-state index in [1.165, 1.54) is 11.1 Å². The number of nitrogens with zero attached hydrogens (tertiary/aromatic N) is 1. The molecule has 5 nitrogen and oxygen atoms in total. The first-order valence-electron chi connectivity index (χ1n) is 7.98. The lowest BCUT2D eigenvalue weighted by Gasteiger charge is -2.07. The highest BCUT2D eigenvalue weighted by atomic mass is 16.7. The van der Waals surface area contributed by atoms with Gasteiger partial charge in [0.2, 0.25) is 6.79 Å². The first-order chi connectivity index (χ1) is 11.8. The van der Waals surface area contributed by atoms with Crippen LogP contribution in [0.15, 0.2) is 48.7 Å². The van der Waals surface area contributed by atoms with E-state index in [1.54, 1.807) is 0 Å². The molecule has 24 heavy (non-hydrogen) atoms. The Bertz CT molecular complexity index is 840. The summed E-state index contributed by atoms with van der Waals surface area (Å²) in [5.74, 6) is 1.63. The maximum Gasteiger partial charge on any atom is 0.231 e. The number of benzene rings is 2. The molecular weight excluding hydrogens is 302 g/mol. The number of rotatable bonds is 5. The van der Waals surface area contributed by atoms with Crippen molar-refractivity contribution in [2.45, 2.75) is 20.0 Å². The van der Waals surface area contributed by atoms with Crippen LogP contribution in [0.5, 0.6) is 11.5 Å². The fourth-order valence-electron chi connectivity index (χ4n) is 2.81. The average molecular weight is 321 g/mol. The van der Waals surface area contributed by atoms with Crippen LogP contribution in [0.3, 0.4) is 0 Å². The first-order valence-corrected chi connectivity index (χ1v) is 7.98. The van der Waals surface area contributed by atoms with Crippen LogP contribution in [-0.4, -0.2) is 17.0 Å². The van der Waals surface area contributed by atoms with Crippen LogP contribution >= 0.6 is 0 Å². The molecule has 0 saturated heterocycles. The lowest BCUT2D eigenvalue weighted by Crippen LogP contribution is -2.12. The zero-order chi connectivity index (χ0) is 16.4. The Labute approximate surface area is 140 Å². The van der Waals surface area contributed by atoms with Crippen molar-refractivity contribution in [3.05, 3.63) is 65.4 Å². The fraction of sp³-hybridized carbons (Fsp3) is 0.211. The van der Waals surface area contributed by atoms with Gasteiger partial charge in [-0.25, -0.2) is 0 Å². The topological polar surface area (TPSA) is 59.2 Å². The molecule has 3 aromatic rings. The first kappa shape index (κ1) is 14.8. The van der Waals surface area contributed by atoms with E-state index in [0.29, 0.717) is 6.79 Å². The molecule has 0 fully saturated rings. The van der Waals surface area contributed by atoms with Gasteiger partial charge in [-0.05, 0) is 30.2 Å². The molecule has 0 saturated carbocycles. The molecule has 5 heteroatoms. The van der Waals surface area contributed by atoms with Gasteiger partial charge in [0.15, 0.2) is 11.5 Å². The highest BCUT2D eigenvalue weighted by Gasteiger charge is 2.13. The van der Waals surface area contributed by atoms with Crippen molar-refractivity contribution in [2.75, 3.05) is 6.79 Å². The zero-order valence-corrected chi connectivity index (χ0v) is 13.5. The molecule has 4 rings (SSSR count). The van der Waals surface area contributed by atoms with Gasteiger partial charge in [0, 0.05) is 18.7 Å². The molecule has 122 valence electrons. The number of ether oxygens (including phenoxy) is 2. The number of hydrogen-bond acceptors (Lipinski definition) is 4. The number of aromatic nitrogens is 2. The van der Waals surface area contributed by atoms with Crippen molar-refractivity contribution in [1.82, 2.24) is 15.5 Å². The molecule has 0 amide bonds. The Morgan fingerprint density at radius 3 is 2.75 bits per heavy atom. The van der Waals surface area contributed by atoms with E-state index in [0.717, 1.165) is 41.4 Å². The summed E-state index contributed by atoms with van der Waals surface area (Å²) in [4.78, 5) is 0. The third kappa shape index (κ3) is 2.98. The summed E-state index contributed by atoms with van der Waals surface area (Å²) in [5, 5.41) is 10.8. The molecule has 2 heterocycles. The van der Waals surface area contributed by atoms with Gasteiger partial charge in [0.25, 0.3) is 0 Å². The highest BCUT2D eigenvalue weighted by Crippen LogP contribution is 2.32.